The molecule has 0 radical (unpaired) electrons. The van der Waals surface area contributed by atoms with Crippen molar-refractivity contribution in [2.24, 2.45) is 0 Å². The third-order valence-corrected chi connectivity index (χ3v) is 19.0. The smallest absolute Gasteiger partial charge is 0.258 e. The second kappa shape index (κ2) is 33.0. The van der Waals surface area contributed by atoms with Gasteiger partial charge < -0.3 is 19.6 Å². The average Bonchev–Trinajstić information content (AvgIpc) is 0.807. The third-order valence-electron chi connectivity index (χ3n) is 19.0. The highest BCUT2D eigenvalue weighted by Gasteiger charge is 2.24. The van der Waals surface area contributed by atoms with Crippen molar-refractivity contribution < 1.29 is 19.2 Å². The van der Waals surface area contributed by atoms with E-state index in [4.69, 9.17) is 0 Å². The number of benzene rings is 14. The monoisotopic (exact) mass is 1350 g/mol. The zero-order chi connectivity index (χ0) is 71.7. The largest absolute Gasteiger partial charge is 0.309 e. The zero-order valence-electron chi connectivity index (χ0n) is 58.9. The maximum absolute atomic E-state index is 13.9. The number of carbonyl (C=O) groups is 4. The number of nitrogens with zero attached hydrogens (tertiary/aromatic N) is 4. The van der Waals surface area contributed by atoms with Gasteiger partial charge in [-0.15, -0.1) is 0 Å². The molecule has 104 heavy (non-hydrogen) atoms. The average molecular weight is 1350 g/mol. The summed E-state index contributed by atoms with van der Waals surface area (Å²) in [5, 5.41) is 0. The molecule has 0 saturated heterocycles. The van der Waals surface area contributed by atoms with Crippen molar-refractivity contribution in [3.8, 4) is 89.0 Å². The van der Waals surface area contributed by atoms with Crippen LogP contribution in [0.2, 0.25) is 0 Å². The van der Waals surface area contributed by atoms with Gasteiger partial charge in [-0.2, -0.15) is 0 Å². The summed E-state index contributed by atoms with van der Waals surface area (Å²) in [6.07, 6.45) is 0. The van der Waals surface area contributed by atoms with E-state index in [1.807, 2.05) is 198 Å². The van der Waals surface area contributed by atoms with Crippen LogP contribution in [-0.4, -0.2) is 49.8 Å². The fraction of sp³-hybridized carbons (Fsp3) is 0.0833. The van der Waals surface area contributed by atoms with Crippen molar-refractivity contribution in [2.75, 3.05) is 45.8 Å². The van der Waals surface area contributed by atoms with E-state index >= 15 is 0 Å². The van der Waals surface area contributed by atoms with Crippen LogP contribution in [0.15, 0.2) is 364 Å². The zero-order valence-corrected chi connectivity index (χ0v) is 58.9. The van der Waals surface area contributed by atoms with Gasteiger partial charge >= 0.3 is 0 Å². The molecule has 0 aromatic heterocycles. The first kappa shape index (κ1) is 69.4. The molecule has 0 spiro atoms. The van der Waals surface area contributed by atoms with Gasteiger partial charge in [0.25, 0.3) is 23.6 Å². The molecule has 508 valence electrons. The minimum atomic E-state index is -0.150. The van der Waals surface area contributed by atoms with Gasteiger partial charge in [0, 0.05) is 71.2 Å². The molecular formula is C96H80N4O4. The lowest BCUT2D eigenvalue weighted by Crippen LogP contribution is -2.32. The molecule has 0 atom stereocenters. The van der Waals surface area contributed by atoms with Gasteiger partial charge in [-0.1, -0.05) is 279 Å². The molecule has 0 aliphatic carbocycles. The van der Waals surface area contributed by atoms with Gasteiger partial charge in [0.1, 0.15) is 0 Å². The SMILES string of the molecule is CCN(C(=O)c1cccc(C(=O)N(CC)c2ccc(-c3ccc(-c4ccccc4)cc3)cc2)c1)c1ccc(-c2ccc(-c3ccccc3)cc2)cc1.CCN(C(=O)c1cccc(C(=O)N(CC)c2ccc(-c3ccc(-c4ccccc4)cc3)cc2)c1)c1ccc(-c2ccc(-c3ccccc3)cc2)cc1. The molecule has 8 nitrogen and oxygen atoms in total. The van der Waals surface area contributed by atoms with Crippen molar-refractivity contribution in [1.29, 1.82) is 0 Å². The van der Waals surface area contributed by atoms with Crippen molar-refractivity contribution in [3.63, 3.8) is 0 Å². The minimum absolute atomic E-state index is 0.150. The third kappa shape index (κ3) is 16.1. The first-order valence-electron chi connectivity index (χ1n) is 35.6. The lowest BCUT2D eigenvalue weighted by Gasteiger charge is -2.23. The van der Waals surface area contributed by atoms with Gasteiger partial charge in [0.15, 0.2) is 0 Å². The summed E-state index contributed by atoms with van der Waals surface area (Å²) in [5.41, 5.74) is 23.3. The molecule has 8 heteroatoms. The molecule has 4 amide bonds. The Hall–Kier alpha value is -13.0. The number of amides is 4. The quantitative estimate of drug-likeness (QED) is 0.0761. The van der Waals surface area contributed by atoms with Crippen LogP contribution in [0.3, 0.4) is 0 Å². The Bertz CT molecular complexity index is 4530. The summed E-state index contributed by atoms with van der Waals surface area (Å²) in [5.74, 6) is -0.601. The Morgan fingerprint density at radius 1 is 0.173 bits per heavy atom. The fourth-order valence-corrected chi connectivity index (χ4v) is 13.2. The lowest BCUT2D eigenvalue weighted by atomic mass is 10.00. The summed E-state index contributed by atoms with van der Waals surface area (Å²) in [6, 6.07) is 122. The molecule has 0 aliphatic rings. The first-order chi connectivity index (χ1) is 51.0. The molecule has 14 aromatic carbocycles. The summed E-state index contributed by atoms with van der Waals surface area (Å²) in [7, 11) is 0. The van der Waals surface area contributed by atoms with E-state index < -0.39 is 0 Å². The predicted molar refractivity (Wildman–Crippen MR) is 432 cm³/mol. The Kier molecular flexibility index (Phi) is 22.0. The van der Waals surface area contributed by atoms with Crippen LogP contribution in [0.1, 0.15) is 69.1 Å². The van der Waals surface area contributed by atoms with Crippen molar-refractivity contribution >= 4 is 46.4 Å². The van der Waals surface area contributed by atoms with Crippen LogP contribution >= 0.6 is 0 Å². The van der Waals surface area contributed by atoms with Crippen LogP contribution < -0.4 is 19.6 Å². The van der Waals surface area contributed by atoms with Crippen LogP contribution in [0.4, 0.5) is 22.7 Å². The van der Waals surface area contributed by atoms with Crippen LogP contribution in [0.5, 0.6) is 0 Å². The second-order valence-electron chi connectivity index (χ2n) is 25.3. The van der Waals surface area contributed by atoms with Crippen molar-refractivity contribution in [2.45, 2.75) is 27.7 Å². The number of anilines is 4. The molecule has 0 unspecified atom stereocenters. The summed E-state index contributed by atoms with van der Waals surface area (Å²) in [4.78, 5) is 62.4. The Morgan fingerprint density at radius 3 is 0.452 bits per heavy atom. The van der Waals surface area contributed by atoms with E-state index in [0.29, 0.717) is 48.4 Å². The molecule has 0 aliphatic heterocycles. The molecule has 0 saturated carbocycles. The topological polar surface area (TPSA) is 81.2 Å². The molecule has 14 rings (SSSR count). The highest BCUT2D eigenvalue weighted by Crippen LogP contribution is 2.34. The molecule has 0 bridgehead atoms. The molecule has 0 heterocycles. The predicted octanol–water partition coefficient (Wildman–Crippen LogP) is 23.4. The Morgan fingerprint density at radius 2 is 0.308 bits per heavy atom. The minimum Gasteiger partial charge on any atom is -0.309 e. The Balaban J connectivity index is 0.000000185. The number of hydrogen-bond donors (Lipinski definition) is 0. The molecule has 0 fully saturated rings. The summed E-state index contributed by atoms with van der Waals surface area (Å²) in [6.45, 7) is 9.81. The first-order valence-corrected chi connectivity index (χ1v) is 35.6. The highest BCUT2D eigenvalue weighted by molar-refractivity contribution is 6.12. The van der Waals surface area contributed by atoms with Crippen LogP contribution in [0, 0.1) is 0 Å². The molecular weight excluding hydrogens is 1270 g/mol. The highest BCUT2D eigenvalue weighted by atomic mass is 16.2. The van der Waals surface area contributed by atoms with Gasteiger partial charge in [0.05, 0.1) is 0 Å². The maximum atomic E-state index is 13.9. The van der Waals surface area contributed by atoms with E-state index in [1.54, 1.807) is 68.1 Å². The molecule has 0 N–H and O–H groups in total. The van der Waals surface area contributed by atoms with E-state index in [1.165, 1.54) is 44.5 Å². The fourth-order valence-electron chi connectivity index (χ4n) is 13.2. The van der Waals surface area contributed by atoms with E-state index in [9.17, 15) is 19.2 Å². The second-order valence-corrected chi connectivity index (χ2v) is 25.3. The summed E-state index contributed by atoms with van der Waals surface area (Å²) >= 11 is 0. The number of hydrogen-bond acceptors (Lipinski definition) is 4. The van der Waals surface area contributed by atoms with Gasteiger partial charge in [-0.05, 0) is 202 Å². The van der Waals surface area contributed by atoms with Gasteiger partial charge in [-0.3, -0.25) is 19.2 Å². The van der Waals surface area contributed by atoms with E-state index in [-0.39, 0.29) is 23.6 Å². The lowest BCUT2D eigenvalue weighted by molar-refractivity contribution is 0.0973. The standard InChI is InChI=1S/2C48H40N2O2/c2*1-3-49(45-30-26-41(27-31-45)39-22-18-37(19-23-39)35-12-7-5-8-13-35)47(51)43-16-11-17-44(34-43)48(52)50(4-2)46-32-28-42(29-33-46)40-24-20-38(21-25-40)36-14-9-6-10-15-36/h2*5-34H,3-4H2,1-2H3. The van der Waals surface area contributed by atoms with E-state index in [2.05, 4.69) is 146 Å². The molecule has 14 aromatic rings. The van der Waals surface area contributed by atoms with E-state index in [0.717, 1.165) is 67.3 Å². The van der Waals surface area contributed by atoms with Crippen LogP contribution in [0.25, 0.3) is 89.0 Å². The maximum Gasteiger partial charge on any atom is 0.258 e. The Labute approximate surface area is 610 Å². The van der Waals surface area contributed by atoms with Gasteiger partial charge in [-0.25, -0.2) is 0 Å². The van der Waals surface area contributed by atoms with Crippen molar-refractivity contribution in [1.82, 2.24) is 0 Å². The normalized spacial score (nSPS) is 10.8. The number of carbonyl (C=O) groups excluding carboxylic acids is 4. The van der Waals surface area contributed by atoms with Crippen LogP contribution in [-0.2, 0) is 0 Å². The number of rotatable bonds is 20. The van der Waals surface area contributed by atoms with Gasteiger partial charge in [0.2, 0.25) is 0 Å². The summed E-state index contributed by atoms with van der Waals surface area (Å²) < 4.78 is 0. The van der Waals surface area contributed by atoms with Crippen molar-refractivity contribution in [3.05, 3.63) is 386 Å².